The number of aryl methyl sites for hydroxylation is 1. The Morgan fingerprint density at radius 1 is 1.22 bits per heavy atom. The fourth-order valence-electron chi connectivity index (χ4n) is 2.77. The second-order valence-corrected chi connectivity index (χ2v) is 7.37. The lowest BCUT2D eigenvalue weighted by Crippen LogP contribution is -2.44. The Morgan fingerprint density at radius 3 is 2.65 bits per heavy atom. The summed E-state index contributed by atoms with van der Waals surface area (Å²) in [7, 11) is -2.11. The van der Waals surface area contributed by atoms with Crippen LogP contribution >= 0.6 is 0 Å². The maximum absolute atomic E-state index is 13.1. The Kier molecular flexibility index (Phi) is 3.93. The minimum absolute atomic E-state index is 0.249. The molecule has 122 valence electrons. The number of nitrogens with zero attached hydrogens (tertiary/aromatic N) is 1. The average molecular weight is 333 g/mol. The molecule has 0 aliphatic carbocycles. The summed E-state index contributed by atoms with van der Waals surface area (Å²) in [6.07, 6.45) is 0. The van der Waals surface area contributed by atoms with E-state index in [1.807, 2.05) is 26.0 Å². The van der Waals surface area contributed by atoms with Crippen LogP contribution in [0.5, 0.6) is 11.5 Å². The Bertz CT molecular complexity index is 832. The van der Waals surface area contributed by atoms with Crippen molar-refractivity contribution in [1.82, 2.24) is 0 Å². The number of ether oxygens (including phenoxy) is 2. The quantitative estimate of drug-likeness (QED) is 0.866. The largest absolute Gasteiger partial charge is 0.496 e. The van der Waals surface area contributed by atoms with E-state index in [1.165, 1.54) is 4.31 Å². The monoisotopic (exact) mass is 333 g/mol. The van der Waals surface area contributed by atoms with Gasteiger partial charge >= 0.3 is 0 Å². The van der Waals surface area contributed by atoms with Gasteiger partial charge in [-0.15, -0.1) is 0 Å². The molecule has 5 nitrogen and oxygen atoms in total. The topological polar surface area (TPSA) is 55.8 Å². The van der Waals surface area contributed by atoms with Crippen molar-refractivity contribution < 1.29 is 17.9 Å². The van der Waals surface area contributed by atoms with Crippen molar-refractivity contribution in [1.29, 1.82) is 0 Å². The van der Waals surface area contributed by atoms with Crippen LogP contribution in [0.15, 0.2) is 47.4 Å². The van der Waals surface area contributed by atoms with Crippen molar-refractivity contribution >= 4 is 15.7 Å². The van der Waals surface area contributed by atoms with E-state index in [2.05, 4.69) is 0 Å². The van der Waals surface area contributed by atoms with Crippen LogP contribution in [0.2, 0.25) is 0 Å². The normalized spacial score (nSPS) is 17.3. The summed E-state index contributed by atoms with van der Waals surface area (Å²) in [6.45, 7) is 3.99. The zero-order valence-corrected chi connectivity index (χ0v) is 14.1. The molecule has 0 amide bonds. The van der Waals surface area contributed by atoms with Crippen LogP contribution in [-0.2, 0) is 10.0 Å². The minimum Gasteiger partial charge on any atom is -0.496 e. The summed E-state index contributed by atoms with van der Waals surface area (Å²) in [6, 6.07) is 11.8. The van der Waals surface area contributed by atoms with Crippen molar-refractivity contribution in [3.63, 3.8) is 0 Å². The summed E-state index contributed by atoms with van der Waals surface area (Å²) in [5.41, 5.74) is 1.35. The van der Waals surface area contributed by atoms with Crippen LogP contribution in [0.3, 0.4) is 0 Å². The molecule has 0 aromatic heterocycles. The lowest BCUT2D eigenvalue weighted by Gasteiger charge is -2.35. The van der Waals surface area contributed by atoms with E-state index in [1.54, 1.807) is 37.4 Å². The Hall–Kier alpha value is -2.21. The van der Waals surface area contributed by atoms with Crippen molar-refractivity contribution in [2.45, 2.75) is 24.8 Å². The molecule has 3 rings (SSSR count). The highest BCUT2D eigenvalue weighted by Gasteiger charge is 2.34. The molecule has 0 bridgehead atoms. The number of rotatable bonds is 3. The summed E-state index contributed by atoms with van der Waals surface area (Å²) >= 11 is 0. The van der Waals surface area contributed by atoms with Crippen molar-refractivity contribution in [2.75, 3.05) is 18.0 Å². The second-order valence-electron chi connectivity index (χ2n) is 5.56. The van der Waals surface area contributed by atoms with E-state index < -0.39 is 10.0 Å². The lowest BCUT2D eigenvalue weighted by molar-refractivity contribution is 0.281. The predicted molar refractivity (Wildman–Crippen MR) is 88.8 cm³/mol. The predicted octanol–water partition coefficient (Wildman–Crippen LogP) is 2.98. The summed E-state index contributed by atoms with van der Waals surface area (Å²) in [5.74, 6) is 1.25. The van der Waals surface area contributed by atoms with Gasteiger partial charge in [0.05, 0.1) is 23.7 Å². The third-order valence-electron chi connectivity index (χ3n) is 3.91. The van der Waals surface area contributed by atoms with Crippen LogP contribution < -0.4 is 13.8 Å². The van der Waals surface area contributed by atoms with Gasteiger partial charge in [-0.2, -0.15) is 0 Å². The van der Waals surface area contributed by atoms with Gasteiger partial charge in [0.25, 0.3) is 10.0 Å². The molecule has 1 heterocycles. The number of fused-ring (bicyclic) bond motifs is 1. The molecule has 23 heavy (non-hydrogen) atoms. The van der Waals surface area contributed by atoms with Gasteiger partial charge in [0.15, 0.2) is 0 Å². The first kappa shape index (κ1) is 15.7. The highest BCUT2D eigenvalue weighted by atomic mass is 32.2. The van der Waals surface area contributed by atoms with Crippen molar-refractivity contribution in [3.8, 4) is 11.5 Å². The fraction of sp³-hybridized carbons (Fsp3) is 0.294. The number of sulfonamides is 1. The highest BCUT2D eigenvalue weighted by Crippen LogP contribution is 2.37. The molecule has 0 radical (unpaired) electrons. The lowest BCUT2D eigenvalue weighted by atomic mass is 10.2. The number of hydrogen-bond donors (Lipinski definition) is 0. The summed E-state index contributed by atoms with van der Waals surface area (Å²) in [5, 5.41) is 0. The number of anilines is 1. The van der Waals surface area contributed by atoms with Gasteiger partial charge in [0, 0.05) is 0 Å². The van der Waals surface area contributed by atoms with E-state index in [0.29, 0.717) is 23.8 Å². The van der Waals surface area contributed by atoms with Gasteiger partial charge in [-0.3, -0.25) is 4.31 Å². The van der Waals surface area contributed by atoms with Gasteiger partial charge in [-0.1, -0.05) is 12.1 Å². The Labute approximate surface area is 136 Å². The molecule has 0 saturated carbocycles. The minimum atomic E-state index is -3.67. The average Bonchev–Trinajstić information content (AvgIpc) is 2.54. The van der Waals surface area contributed by atoms with Gasteiger partial charge in [0.2, 0.25) is 0 Å². The third-order valence-corrected chi connectivity index (χ3v) is 5.83. The molecule has 1 atom stereocenters. The van der Waals surface area contributed by atoms with E-state index in [9.17, 15) is 8.42 Å². The molecular weight excluding hydrogens is 314 g/mol. The SMILES string of the molecule is COc1ccc(S(=O)(=O)N2c3ccccc3OCC2C)cc1C. The molecule has 2 aromatic carbocycles. The fourth-order valence-corrected chi connectivity index (χ4v) is 4.51. The molecule has 1 aliphatic heterocycles. The maximum Gasteiger partial charge on any atom is 0.264 e. The first-order chi connectivity index (χ1) is 10.9. The van der Waals surface area contributed by atoms with Crippen molar-refractivity contribution in [3.05, 3.63) is 48.0 Å². The summed E-state index contributed by atoms with van der Waals surface area (Å²) in [4.78, 5) is 0.249. The van der Waals surface area contributed by atoms with Gasteiger partial charge in [0.1, 0.15) is 18.1 Å². The summed E-state index contributed by atoms with van der Waals surface area (Å²) < 4.78 is 38.6. The first-order valence-electron chi connectivity index (χ1n) is 7.36. The molecule has 0 spiro atoms. The molecule has 0 fully saturated rings. The molecule has 0 saturated heterocycles. The molecule has 6 heteroatoms. The Morgan fingerprint density at radius 2 is 1.96 bits per heavy atom. The van der Waals surface area contributed by atoms with E-state index in [0.717, 1.165) is 5.56 Å². The standard InChI is InChI=1S/C17H19NO4S/c1-12-10-14(8-9-16(12)21-3)23(19,20)18-13(2)11-22-17-7-5-4-6-15(17)18/h4-10,13H,11H2,1-3H3. The first-order valence-corrected chi connectivity index (χ1v) is 8.80. The third kappa shape index (κ3) is 2.63. The van der Waals surface area contributed by atoms with Crippen molar-refractivity contribution in [2.24, 2.45) is 0 Å². The van der Waals surface area contributed by atoms with E-state index in [4.69, 9.17) is 9.47 Å². The number of para-hydroxylation sites is 2. The van der Waals surface area contributed by atoms with Crippen LogP contribution in [-0.4, -0.2) is 28.2 Å². The van der Waals surface area contributed by atoms with Crippen LogP contribution in [0, 0.1) is 6.92 Å². The number of hydrogen-bond acceptors (Lipinski definition) is 4. The molecular formula is C17H19NO4S. The second kappa shape index (κ2) is 5.77. The number of methoxy groups -OCH3 is 1. The molecule has 1 unspecified atom stereocenters. The molecule has 0 N–H and O–H groups in total. The van der Waals surface area contributed by atoms with Gasteiger partial charge in [-0.25, -0.2) is 8.42 Å². The van der Waals surface area contributed by atoms with Gasteiger partial charge < -0.3 is 9.47 Å². The van der Waals surface area contributed by atoms with Crippen LogP contribution in [0.4, 0.5) is 5.69 Å². The smallest absolute Gasteiger partial charge is 0.264 e. The van der Waals surface area contributed by atoms with Crippen LogP contribution in [0.1, 0.15) is 12.5 Å². The van der Waals surface area contributed by atoms with E-state index in [-0.39, 0.29) is 10.9 Å². The molecule has 2 aromatic rings. The highest BCUT2D eigenvalue weighted by molar-refractivity contribution is 7.92. The zero-order chi connectivity index (χ0) is 16.6. The van der Waals surface area contributed by atoms with E-state index >= 15 is 0 Å². The Balaban J connectivity index is 2.11. The number of benzene rings is 2. The maximum atomic E-state index is 13.1. The van der Waals surface area contributed by atoms with Gasteiger partial charge in [-0.05, 0) is 49.7 Å². The molecule has 1 aliphatic rings. The zero-order valence-electron chi connectivity index (χ0n) is 13.3. The van der Waals surface area contributed by atoms with Crippen LogP contribution in [0.25, 0.3) is 0 Å².